The number of aliphatic hydroxyl groups excluding tert-OH is 1. The topological polar surface area (TPSA) is 92.5 Å². The first-order valence-electron chi connectivity index (χ1n) is 5.87. The van der Waals surface area contributed by atoms with Crippen LogP contribution in [-0.4, -0.2) is 15.9 Å². The summed E-state index contributed by atoms with van der Waals surface area (Å²) in [5.41, 5.74) is 0.185. The van der Waals surface area contributed by atoms with Gasteiger partial charge in [-0.05, 0) is 18.2 Å². The summed E-state index contributed by atoms with van der Waals surface area (Å²) in [7, 11) is 0. The van der Waals surface area contributed by atoms with Gasteiger partial charge in [0.2, 0.25) is 0 Å². The second-order valence-corrected chi connectivity index (χ2v) is 4.07. The van der Waals surface area contributed by atoms with Crippen LogP contribution in [0.4, 0.5) is 11.4 Å². The lowest BCUT2D eigenvalue weighted by Gasteiger charge is -2.11. The van der Waals surface area contributed by atoms with Gasteiger partial charge in [-0.2, -0.15) is 0 Å². The van der Waals surface area contributed by atoms with Gasteiger partial charge in [-0.25, -0.2) is 0 Å². The first-order valence-corrected chi connectivity index (χ1v) is 5.87. The molecular weight excluding hydrogens is 260 g/mol. The van der Waals surface area contributed by atoms with Gasteiger partial charge in [0.15, 0.2) is 6.10 Å². The molecule has 0 saturated carbocycles. The number of nitro groups is 1. The SMILES string of the molecule is O=C(Nc1ccccc1)C(O)c1ccccc1[N+](=O)[O-]. The first-order chi connectivity index (χ1) is 9.59. The van der Waals surface area contributed by atoms with E-state index in [1.54, 1.807) is 30.3 Å². The summed E-state index contributed by atoms with van der Waals surface area (Å²) in [5.74, 6) is -0.717. The Morgan fingerprint density at radius 3 is 2.35 bits per heavy atom. The summed E-state index contributed by atoms with van der Waals surface area (Å²) in [6.07, 6.45) is -1.60. The zero-order chi connectivity index (χ0) is 14.5. The van der Waals surface area contributed by atoms with Gasteiger partial charge < -0.3 is 10.4 Å². The zero-order valence-corrected chi connectivity index (χ0v) is 10.4. The molecule has 1 atom stereocenters. The zero-order valence-electron chi connectivity index (χ0n) is 10.4. The average molecular weight is 272 g/mol. The molecule has 2 rings (SSSR count). The maximum atomic E-state index is 11.9. The Labute approximate surface area is 114 Å². The second kappa shape index (κ2) is 5.94. The van der Waals surface area contributed by atoms with E-state index in [4.69, 9.17) is 0 Å². The van der Waals surface area contributed by atoms with Crippen molar-refractivity contribution in [2.75, 3.05) is 5.32 Å². The molecule has 6 heteroatoms. The van der Waals surface area contributed by atoms with Crippen LogP contribution in [0.1, 0.15) is 11.7 Å². The van der Waals surface area contributed by atoms with E-state index in [9.17, 15) is 20.0 Å². The van der Waals surface area contributed by atoms with Crippen LogP contribution in [0.3, 0.4) is 0 Å². The van der Waals surface area contributed by atoms with E-state index < -0.39 is 16.9 Å². The molecule has 0 radical (unpaired) electrons. The molecule has 0 heterocycles. The van der Waals surface area contributed by atoms with E-state index in [0.29, 0.717) is 5.69 Å². The van der Waals surface area contributed by atoms with Crippen LogP contribution in [0, 0.1) is 10.1 Å². The number of amides is 1. The molecule has 6 nitrogen and oxygen atoms in total. The third-order valence-corrected chi connectivity index (χ3v) is 2.72. The number of nitrogens with one attached hydrogen (secondary N) is 1. The highest BCUT2D eigenvalue weighted by Crippen LogP contribution is 2.25. The van der Waals surface area contributed by atoms with Crippen molar-refractivity contribution in [2.45, 2.75) is 6.10 Å². The standard InChI is InChI=1S/C14H12N2O4/c17-13(11-8-4-5-9-12(11)16(19)20)14(18)15-10-6-2-1-3-7-10/h1-9,13,17H,(H,15,18). The Morgan fingerprint density at radius 2 is 1.70 bits per heavy atom. The van der Waals surface area contributed by atoms with Crippen molar-refractivity contribution in [1.29, 1.82) is 0 Å². The maximum Gasteiger partial charge on any atom is 0.275 e. The van der Waals surface area contributed by atoms with Crippen molar-refractivity contribution in [3.8, 4) is 0 Å². The van der Waals surface area contributed by atoms with Crippen LogP contribution in [0.2, 0.25) is 0 Å². The molecule has 0 aliphatic rings. The van der Waals surface area contributed by atoms with Crippen molar-refractivity contribution < 1.29 is 14.8 Å². The van der Waals surface area contributed by atoms with E-state index in [1.165, 1.54) is 24.3 Å². The van der Waals surface area contributed by atoms with Crippen molar-refractivity contribution in [2.24, 2.45) is 0 Å². The number of nitrogens with zero attached hydrogens (tertiary/aromatic N) is 1. The highest BCUT2D eigenvalue weighted by molar-refractivity contribution is 5.95. The number of nitro benzene ring substituents is 1. The highest BCUT2D eigenvalue weighted by Gasteiger charge is 2.25. The van der Waals surface area contributed by atoms with Crippen LogP contribution in [0.25, 0.3) is 0 Å². The normalized spacial score (nSPS) is 11.7. The Kier molecular flexibility index (Phi) is 4.07. The predicted octanol–water partition coefficient (Wildman–Crippen LogP) is 2.27. The molecule has 0 fully saturated rings. The Morgan fingerprint density at radius 1 is 1.10 bits per heavy atom. The number of hydrogen-bond acceptors (Lipinski definition) is 4. The van der Waals surface area contributed by atoms with Crippen LogP contribution >= 0.6 is 0 Å². The summed E-state index contributed by atoms with van der Waals surface area (Å²) in [4.78, 5) is 22.1. The molecule has 2 aromatic carbocycles. The van der Waals surface area contributed by atoms with E-state index in [-0.39, 0.29) is 11.3 Å². The molecule has 0 saturated heterocycles. The number of anilines is 1. The number of carbonyl (C=O) groups is 1. The van der Waals surface area contributed by atoms with Crippen LogP contribution in [-0.2, 0) is 4.79 Å². The lowest BCUT2D eigenvalue weighted by molar-refractivity contribution is -0.386. The van der Waals surface area contributed by atoms with Gasteiger partial charge in [0.1, 0.15) is 0 Å². The highest BCUT2D eigenvalue weighted by atomic mass is 16.6. The van der Waals surface area contributed by atoms with Gasteiger partial charge in [-0.3, -0.25) is 14.9 Å². The van der Waals surface area contributed by atoms with Gasteiger partial charge in [0.25, 0.3) is 11.6 Å². The predicted molar refractivity (Wildman–Crippen MR) is 73.1 cm³/mol. The van der Waals surface area contributed by atoms with Crippen LogP contribution < -0.4 is 5.32 Å². The minimum atomic E-state index is -1.60. The molecule has 2 N–H and O–H groups in total. The van der Waals surface area contributed by atoms with E-state index in [1.807, 2.05) is 0 Å². The Balaban J connectivity index is 2.21. The number of carbonyl (C=O) groups excluding carboxylic acids is 1. The molecule has 1 amide bonds. The van der Waals surface area contributed by atoms with Crippen molar-refractivity contribution in [1.82, 2.24) is 0 Å². The van der Waals surface area contributed by atoms with Gasteiger partial charge in [-0.15, -0.1) is 0 Å². The average Bonchev–Trinajstić information content (AvgIpc) is 2.47. The number of para-hydroxylation sites is 2. The van der Waals surface area contributed by atoms with Crippen molar-refractivity contribution in [3.05, 3.63) is 70.3 Å². The van der Waals surface area contributed by atoms with Crippen molar-refractivity contribution >= 4 is 17.3 Å². The van der Waals surface area contributed by atoms with Crippen LogP contribution in [0.5, 0.6) is 0 Å². The van der Waals surface area contributed by atoms with Crippen molar-refractivity contribution in [3.63, 3.8) is 0 Å². The molecule has 1 unspecified atom stereocenters. The third-order valence-electron chi connectivity index (χ3n) is 2.72. The molecule has 0 spiro atoms. The molecule has 0 bridgehead atoms. The largest absolute Gasteiger partial charge is 0.378 e. The molecule has 102 valence electrons. The second-order valence-electron chi connectivity index (χ2n) is 4.07. The van der Waals surface area contributed by atoms with E-state index in [2.05, 4.69) is 5.32 Å². The molecule has 20 heavy (non-hydrogen) atoms. The number of aliphatic hydroxyl groups is 1. The molecule has 0 aliphatic heterocycles. The van der Waals surface area contributed by atoms with E-state index in [0.717, 1.165) is 0 Å². The third kappa shape index (κ3) is 2.99. The van der Waals surface area contributed by atoms with Crippen LogP contribution in [0.15, 0.2) is 54.6 Å². The molecule has 2 aromatic rings. The summed E-state index contributed by atoms with van der Waals surface area (Å²) in [6, 6.07) is 14.2. The van der Waals surface area contributed by atoms with Gasteiger partial charge in [-0.1, -0.05) is 30.3 Å². The number of hydrogen-bond donors (Lipinski definition) is 2. The van der Waals surface area contributed by atoms with E-state index >= 15 is 0 Å². The molecule has 0 aromatic heterocycles. The number of rotatable bonds is 4. The fourth-order valence-corrected chi connectivity index (χ4v) is 1.76. The fraction of sp³-hybridized carbons (Fsp3) is 0.0714. The summed E-state index contributed by atoms with van der Waals surface area (Å²) < 4.78 is 0. The van der Waals surface area contributed by atoms with Gasteiger partial charge in [0, 0.05) is 11.8 Å². The minimum absolute atomic E-state index is 0.0362. The first kappa shape index (κ1) is 13.7. The molecule has 0 aliphatic carbocycles. The molecular formula is C14H12N2O4. The fourth-order valence-electron chi connectivity index (χ4n) is 1.76. The lowest BCUT2D eigenvalue weighted by Crippen LogP contribution is -2.21. The Bertz CT molecular complexity index is 628. The quantitative estimate of drug-likeness (QED) is 0.659. The minimum Gasteiger partial charge on any atom is -0.378 e. The summed E-state index contributed by atoms with van der Waals surface area (Å²) in [6.45, 7) is 0. The number of benzene rings is 2. The van der Waals surface area contributed by atoms with Gasteiger partial charge >= 0.3 is 0 Å². The monoisotopic (exact) mass is 272 g/mol. The Hall–Kier alpha value is -2.73. The van der Waals surface area contributed by atoms with Gasteiger partial charge in [0.05, 0.1) is 10.5 Å². The maximum absolute atomic E-state index is 11.9. The lowest BCUT2D eigenvalue weighted by atomic mass is 10.1. The summed E-state index contributed by atoms with van der Waals surface area (Å²) >= 11 is 0. The summed E-state index contributed by atoms with van der Waals surface area (Å²) in [5, 5.41) is 23.3. The smallest absolute Gasteiger partial charge is 0.275 e.